The molecule has 5 heteroatoms. The largest absolute Gasteiger partial charge is 0.445 e. The first-order valence-corrected chi connectivity index (χ1v) is 6.91. The number of nitrogens with zero attached hydrogens (tertiary/aromatic N) is 1. The van der Waals surface area contributed by atoms with Crippen LogP contribution in [-0.4, -0.2) is 42.0 Å². The number of hydrogen-bond acceptors (Lipinski definition) is 3. The zero-order valence-electron chi connectivity index (χ0n) is 11.4. The number of likely N-dealkylation sites (tertiary alicyclic amines) is 1. The van der Waals surface area contributed by atoms with Gasteiger partial charge >= 0.3 is 6.09 Å². The van der Waals surface area contributed by atoms with Crippen molar-refractivity contribution < 1.29 is 19.0 Å². The summed E-state index contributed by atoms with van der Waals surface area (Å²) in [6.07, 6.45) is -0.668. The van der Waals surface area contributed by atoms with E-state index in [1.807, 2.05) is 30.3 Å². The fraction of sp³-hybridized carbons (Fsp3) is 0.533. The number of piperidine rings is 1. The summed E-state index contributed by atoms with van der Waals surface area (Å²) in [5.74, 6) is -0.293. The number of benzene rings is 1. The van der Waals surface area contributed by atoms with Crippen molar-refractivity contribution in [2.24, 2.45) is 5.92 Å². The van der Waals surface area contributed by atoms with Gasteiger partial charge in [0.2, 0.25) is 0 Å². The molecule has 1 aliphatic rings. The van der Waals surface area contributed by atoms with Crippen LogP contribution < -0.4 is 0 Å². The number of aliphatic hydroxyl groups is 1. The number of rotatable bonds is 4. The minimum absolute atomic E-state index is 0.0575. The minimum Gasteiger partial charge on any atom is -0.445 e. The fourth-order valence-corrected chi connectivity index (χ4v) is 2.42. The Morgan fingerprint density at radius 2 is 2.15 bits per heavy atom. The lowest BCUT2D eigenvalue weighted by atomic mass is 9.93. The molecule has 1 heterocycles. The first-order valence-electron chi connectivity index (χ1n) is 6.91. The van der Waals surface area contributed by atoms with Crippen molar-refractivity contribution in [2.75, 3.05) is 19.7 Å². The van der Waals surface area contributed by atoms with Crippen LogP contribution in [0.15, 0.2) is 30.3 Å². The molecular weight excluding hydrogens is 261 g/mol. The third-order valence-corrected chi connectivity index (χ3v) is 3.60. The van der Waals surface area contributed by atoms with Crippen molar-refractivity contribution in [3.05, 3.63) is 35.9 Å². The van der Waals surface area contributed by atoms with Crippen LogP contribution in [0, 0.1) is 5.92 Å². The molecule has 0 radical (unpaired) electrons. The highest BCUT2D eigenvalue weighted by atomic mass is 19.1. The number of ether oxygens (including phenoxy) is 1. The van der Waals surface area contributed by atoms with Gasteiger partial charge in [-0.2, -0.15) is 0 Å². The molecule has 2 atom stereocenters. The van der Waals surface area contributed by atoms with Crippen molar-refractivity contribution >= 4 is 6.09 Å². The van der Waals surface area contributed by atoms with E-state index in [0.29, 0.717) is 25.9 Å². The first kappa shape index (κ1) is 14.8. The summed E-state index contributed by atoms with van der Waals surface area (Å²) in [5, 5.41) is 8.91. The van der Waals surface area contributed by atoms with Crippen LogP contribution in [0.3, 0.4) is 0 Å². The third-order valence-electron chi connectivity index (χ3n) is 3.60. The second-order valence-electron chi connectivity index (χ2n) is 5.06. The highest BCUT2D eigenvalue weighted by Gasteiger charge is 2.31. The van der Waals surface area contributed by atoms with Gasteiger partial charge in [-0.3, -0.25) is 0 Å². The normalized spacial score (nSPS) is 22.6. The molecule has 0 saturated carbocycles. The molecule has 0 bridgehead atoms. The van der Waals surface area contributed by atoms with E-state index < -0.39 is 12.3 Å². The third kappa shape index (κ3) is 3.93. The number of halogens is 1. The van der Waals surface area contributed by atoms with E-state index in [1.165, 1.54) is 4.90 Å². The summed E-state index contributed by atoms with van der Waals surface area (Å²) < 4.78 is 18.9. The van der Waals surface area contributed by atoms with Gasteiger partial charge in [0, 0.05) is 25.6 Å². The van der Waals surface area contributed by atoms with Gasteiger partial charge in [0.1, 0.15) is 12.8 Å². The van der Waals surface area contributed by atoms with Crippen LogP contribution in [0.4, 0.5) is 9.18 Å². The lowest BCUT2D eigenvalue weighted by molar-refractivity contribution is 0.0462. The van der Waals surface area contributed by atoms with Gasteiger partial charge in [-0.25, -0.2) is 9.18 Å². The van der Waals surface area contributed by atoms with E-state index in [4.69, 9.17) is 9.84 Å². The van der Waals surface area contributed by atoms with Crippen LogP contribution in [0.2, 0.25) is 0 Å². The average Bonchev–Trinajstić information content (AvgIpc) is 2.48. The van der Waals surface area contributed by atoms with Gasteiger partial charge in [0.25, 0.3) is 0 Å². The highest BCUT2D eigenvalue weighted by molar-refractivity contribution is 5.67. The van der Waals surface area contributed by atoms with E-state index in [-0.39, 0.29) is 19.1 Å². The van der Waals surface area contributed by atoms with Gasteiger partial charge in [0.15, 0.2) is 0 Å². The lowest BCUT2D eigenvalue weighted by Crippen LogP contribution is -2.45. The van der Waals surface area contributed by atoms with E-state index in [2.05, 4.69) is 0 Å². The Bertz CT molecular complexity index is 426. The molecule has 0 aromatic heterocycles. The fourth-order valence-electron chi connectivity index (χ4n) is 2.42. The molecule has 0 spiro atoms. The quantitative estimate of drug-likeness (QED) is 0.921. The molecule has 0 aliphatic carbocycles. The molecule has 1 aliphatic heterocycles. The molecule has 1 saturated heterocycles. The molecule has 110 valence electrons. The molecule has 2 rings (SSSR count). The average molecular weight is 281 g/mol. The van der Waals surface area contributed by atoms with Crippen LogP contribution >= 0.6 is 0 Å². The predicted octanol–water partition coefficient (Wildman–Crippen LogP) is 2.37. The van der Waals surface area contributed by atoms with Gasteiger partial charge in [0.05, 0.1) is 0 Å². The number of aliphatic hydroxyl groups excluding tert-OH is 1. The SMILES string of the molecule is O=C(OCc1ccccc1)N1CCC(F)C(CCO)C1. The van der Waals surface area contributed by atoms with Crippen molar-refractivity contribution in [1.82, 2.24) is 4.90 Å². The van der Waals surface area contributed by atoms with Crippen LogP contribution in [-0.2, 0) is 11.3 Å². The Morgan fingerprint density at radius 1 is 1.40 bits per heavy atom. The molecule has 1 aromatic rings. The van der Waals surface area contributed by atoms with E-state index in [9.17, 15) is 9.18 Å². The second kappa shape index (κ2) is 7.24. The van der Waals surface area contributed by atoms with Crippen molar-refractivity contribution in [3.63, 3.8) is 0 Å². The minimum atomic E-state index is -0.944. The Labute approximate surface area is 118 Å². The van der Waals surface area contributed by atoms with Crippen LogP contribution in [0.1, 0.15) is 18.4 Å². The van der Waals surface area contributed by atoms with Crippen molar-refractivity contribution in [3.8, 4) is 0 Å². The number of carbonyl (C=O) groups excluding carboxylic acids is 1. The maximum absolute atomic E-state index is 13.6. The zero-order chi connectivity index (χ0) is 14.4. The second-order valence-corrected chi connectivity index (χ2v) is 5.06. The zero-order valence-corrected chi connectivity index (χ0v) is 11.4. The topological polar surface area (TPSA) is 49.8 Å². The highest BCUT2D eigenvalue weighted by Crippen LogP contribution is 2.23. The Hall–Kier alpha value is -1.62. The molecule has 2 unspecified atom stereocenters. The standard InChI is InChI=1S/C15H20FNO3/c16-14-6-8-17(10-13(14)7-9-18)15(19)20-11-12-4-2-1-3-5-12/h1-5,13-14,18H,6-11H2. The summed E-state index contributed by atoms with van der Waals surface area (Å²) in [6.45, 7) is 0.851. The Balaban J connectivity index is 1.83. The number of alkyl halides is 1. The van der Waals surface area contributed by atoms with Gasteiger partial charge < -0.3 is 14.7 Å². The summed E-state index contributed by atoms with van der Waals surface area (Å²) in [7, 11) is 0. The van der Waals surface area contributed by atoms with E-state index >= 15 is 0 Å². The smallest absolute Gasteiger partial charge is 0.410 e. The molecular formula is C15H20FNO3. The first-order chi connectivity index (χ1) is 9.70. The Morgan fingerprint density at radius 3 is 2.85 bits per heavy atom. The van der Waals surface area contributed by atoms with E-state index in [0.717, 1.165) is 5.56 Å². The number of carbonyl (C=O) groups is 1. The molecule has 1 aromatic carbocycles. The maximum Gasteiger partial charge on any atom is 0.410 e. The van der Waals surface area contributed by atoms with Gasteiger partial charge in [-0.05, 0) is 18.4 Å². The monoisotopic (exact) mass is 281 g/mol. The number of amides is 1. The van der Waals surface area contributed by atoms with Crippen LogP contribution in [0.5, 0.6) is 0 Å². The molecule has 1 fully saturated rings. The molecule has 4 nitrogen and oxygen atoms in total. The lowest BCUT2D eigenvalue weighted by Gasteiger charge is -2.34. The summed E-state index contributed by atoms with van der Waals surface area (Å²) in [4.78, 5) is 13.5. The predicted molar refractivity (Wildman–Crippen MR) is 72.9 cm³/mol. The van der Waals surface area contributed by atoms with Gasteiger partial charge in [-0.1, -0.05) is 30.3 Å². The van der Waals surface area contributed by atoms with E-state index in [1.54, 1.807) is 0 Å². The molecule has 1 amide bonds. The Kier molecular flexibility index (Phi) is 5.35. The summed E-state index contributed by atoms with van der Waals surface area (Å²) >= 11 is 0. The summed E-state index contributed by atoms with van der Waals surface area (Å²) in [5.41, 5.74) is 0.924. The van der Waals surface area contributed by atoms with Gasteiger partial charge in [-0.15, -0.1) is 0 Å². The van der Waals surface area contributed by atoms with Crippen LogP contribution in [0.25, 0.3) is 0 Å². The number of hydrogen-bond donors (Lipinski definition) is 1. The summed E-state index contributed by atoms with van der Waals surface area (Å²) in [6, 6.07) is 9.44. The molecule has 1 N–H and O–H groups in total. The van der Waals surface area contributed by atoms with Crippen molar-refractivity contribution in [2.45, 2.75) is 25.6 Å². The maximum atomic E-state index is 13.6. The molecule has 20 heavy (non-hydrogen) atoms. The van der Waals surface area contributed by atoms with Crippen molar-refractivity contribution in [1.29, 1.82) is 0 Å².